The Morgan fingerprint density at radius 3 is 2.62 bits per heavy atom. The summed E-state index contributed by atoms with van der Waals surface area (Å²) in [4.78, 5) is 24.0. The summed E-state index contributed by atoms with van der Waals surface area (Å²) in [7, 11) is 2.93. The van der Waals surface area contributed by atoms with E-state index >= 15 is 0 Å². The Labute approximate surface area is 171 Å². The molecule has 3 aromatic rings. The third-order valence-corrected chi connectivity index (χ3v) is 5.38. The van der Waals surface area contributed by atoms with E-state index in [0.717, 1.165) is 0 Å². The number of halogens is 1. The largest absolute Gasteiger partial charge is 0.493 e. The molecule has 6 nitrogen and oxygen atoms in total. The maximum absolute atomic E-state index is 12.5. The summed E-state index contributed by atoms with van der Waals surface area (Å²) < 4.78 is 22.1. The molecule has 0 saturated heterocycles. The third-order valence-electron chi connectivity index (χ3n) is 5.08. The van der Waals surface area contributed by atoms with Crippen LogP contribution in [-0.2, 0) is 9.53 Å². The molecule has 2 aromatic carbocycles. The number of hydrogen-bond donors (Lipinski definition) is 0. The predicted octanol–water partition coefficient (Wildman–Crippen LogP) is 4.45. The van der Waals surface area contributed by atoms with E-state index < -0.39 is 0 Å². The number of esters is 1. The van der Waals surface area contributed by atoms with Crippen LogP contribution in [0, 0.1) is 5.92 Å². The van der Waals surface area contributed by atoms with E-state index in [1.54, 1.807) is 43.5 Å². The van der Waals surface area contributed by atoms with E-state index in [0.29, 0.717) is 51.7 Å². The highest BCUT2D eigenvalue weighted by Gasteiger charge is 2.37. The standard InChI is InChI=1S/C22H19ClO6/c1-26-18-7-6-12(10-20(18)28-14-8-13(9-14)22(25)27-2)19-11-17(24)15-4-3-5-16(23)21(15)29-19/h3-7,10-11,13-14H,8-9H2,1-2H3. The van der Waals surface area contributed by atoms with Crippen LogP contribution in [-0.4, -0.2) is 26.3 Å². The Morgan fingerprint density at radius 1 is 1.10 bits per heavy atom. The lowest BCUT2D eigenvalue weighted by atomic mass is 9.82. The number of para-hydroxylation sites is 1. The Balaban J connectivity index is 1.65. The van der Waals surface area contributed by atoms with E-state index in [2.05, 4.69) is 0 Å². The molecule has 0 aliphatic heterocycles. The summed E-state index contributed by atoms with van der Waals surface area (Å²) in [5.74, 6) is 1.08. The number of rotatable bonds is 5. The molecule has 0 bridgehead atoms. The molecule has 4 rings (SSSR count). The second-order valence-electron chi connectivity index (χ2n) is 6.89. The van der Waals surface area contributed by atoms with Gasteiger partial charge < -0.3 is 18.6 Å². The first-order chi connectivity index (χ1) is 14.0. The fourth-order valence-electron chi connectivity index (χ4n) is 3.41. The van der Waals surface area contributed by atoms with Crippen molar-refractivity contribution < 1.29 is 23.4 Å². The number of methoxy groups -OCH3 is 2. The third kappa shape index (κ3) is 3.68. The van der Waals surface area contributed by atoms with Gasteiger partial charge in [0.2, 0.25) is 0 Å². The van der Waals surface area contributed by atoms with Crippen LogP contribution >= 0.6 is 11.6 Å². The lowest BCUT2D eigenvalue weighted by Crippen LogP contribution is -2.38. The maximum Gasteiger partial charge on any atom is 0.308 e. The van der Waals surface area contributed by atoms with Crippen LogP contribution in [0.1, 0.15) is 12.8 Å². The fraction of sp³-hybridized carbons (Fsp3) is 0.273. The summed E-state index contributed by atoms with van der Waals surface area (Å²) in [5, 5.41) is 0.796. The molecule has 0 N–H and O–H groups in total. The fourth-order valence-corrected chi connectivity index (χ4v) is 3.62. The smallest absolute Gasteiger partial charge is 0.308 e. The van der Waals surface area contributed by atoms with Gasteiger partial charge in [0.05, 0.1) is 30.5 Å². The monoisotopic (exact) mass is 414 g/mol. The van der Waals surface area contributed by atoms with Crippen LogP contribution in [0.5, 0.6) is 11.5 Å². The number of hydrogen-bond acceptors (Lipinski definition) is 6. The minimum Gasteiger partial charge on any atom is -0.493 e. The molecule has 150 valence electrons. The molecule has 1 saturated carbocycles. The molecule has 0 unspecified atom stereocenters. The SMILES string of the molecule is COC(=O)C1CC(Oc2cc(-c3cc(=O)c4cccc(Cl)c4o3)ccc2OC)C1. The van der Waals surface area contributed by atoms with Crippen LogP contribution in [0.3, 0.4) is 0 Å². The molecule has 1 heterocycles. The van der Waals surface area contributed by atoms with E-state index in [4.69, 9.17) is 30.2 Å². The van der Waals surface area contributed by atoms with Crippen molar-refractivity contribution in [2.75, 3.05) is 14.2 Å². The summed E-state index contributed by atoms with van der Waals surface area (Å²) in [6.45, 7) is 0. The van der Waals surface area contributed by atoms with Gasteiger partial charge in [0.25, 0.3) is 0 Å². The van der Waals surface area contributed by atoms with Gasteiger partial charge in [0.15, 0.2) is 22.5 Å². The molecule has 0 spiro atoms. The zero-order valence-corrected chi connectivity index (χ0v) is 16.7. The molecule has 7 heteroatoms. The van der Waals surface area contributed by atoms with Crippen molar-refractivity contribution in [3.63, 3.8) is 0 Å². The number of carbonyl (C=O) groups is 1. The second kappa shape index (κ2) is 7.79. The normalized spacial score (nSPS) is 18.2. The van der Waals surface area contributed by atoms with Gasteiger partial charge in [-0.25, -0.2) is 0 Å². The van der Waals surface area contributed by atoms with Crippen LogP contribution in [0.25, 0.3) is 22.3 Å². The number of ether oxygens (including phenoxy) is 3. The Hall–Kier alpha value is -2.99. The number of carbonyl (C=O) groups excluding carboxylic acids is 1. The lowest BCUT2D eigenvalue weighted by Gasteiger charge is -2.33. The number of benzene rings is 2. The Bertz CT molecular complexity index is 1130. The summed E-state index contributed by atoms with van der Waals surface area (Å²) >= 11 is 6.20. The quantitative estimate of drug-likeness (QED) is 0.574. The molecule has 0 amide bonds. The van der Waals surface area contributed by atoms with Crippen molar-refractivity contribution >= 4 is 28.5 Å². The highest BCUT2D eigenvalue weighted by Crippen LogP contribution is 2.38. The highest BCUT2D eigenvalue weighted by molar-refractivity contribution is 6.34. The zero-order chi connectivity index (χ0) is 20.5. The Morgan fingerprint density at radius 2 is 1.90 bits per heavy atom. The van der Waals surface area contributed by atoms with E-state index in [1.165, 1.54) is 13.2 Å². The first kappa shape index (κ1) is 19.3. The second-order valence-corrected chi connectivity index (χ2v) is 7.30. The van der Waals surface area contributed by atoms with E-state index in [-0.39, 0.29) is 23.4 Å². The van der Waals surface area contributed by atoms with Crippen LogP contribution < -0.4 is 14.9 Å². The predicted molar refractivity (Wildman–Crippen MR) is 109 cm³/mol. The van der Waals surface area contributed by atoms with Crippen molar-refractivity contribution in [1.29, 1.82) is 0 Å². The van der Waals surface area contributed by atoms with Gasteiger partial charge in [-0.1, -0.05) is 17.7 Å². The molecule has 1 aliphatic rings. The van der Waals surface area contributed by atoms with Gasteiger partial charge in [-0.2, -0.15) is 0 Å². The average molecular weight is 415 g/mol. The minimum absolute atomic E-state index is 0.110. The summed E-state index contributed by atoms with van der Waals surface area (Å²) in [6, 6.07) is 11.8. The van der Waals surface area contributed by atoms with Crippen LogP contribution in [0.4, 0.5) is 0 Å². The van der Waals surface area contributed by atoms with Crippen molar-refractivity contribution in [2.45, 2.75) is 18.9 Å². The molecule has 0 atom stereocenters. The lowest BCUT2D eigenvalue weighted by molar-refractivity contribution is -0.151. The van der Waals surface area contributed by atoms with Gasteiger partial charge >= 0.3 is 5.97 Å². The summed E-state index contributed by atoms with van der Waals surface area (Å²) in [5.41, 5.74) is 0.820. The first-order valence-corrected chi connectivity index (χ1v) is 9.53. The van der Waals surface area contributed by atoms with Crippen LogP contribution in [0.15, 0.2) is 51.7 Å². The Kier molecular flexibility index (Phi) is 5.20. The maximum atomic E-state index is 12.5. The van der Waals surface area contributed by atoms with Gasteiger partial charge in [-0.05, 0) is 43.2 Å². The average Bonchev–Trinajstić information content (AvgIpc) is 2.70. The highest BCUT2D eigenvalue weighted by atomic mass is 35.5. The van der Waals surface area contributed by atoms with Crippen molar-refractivity contribution in [3.05, 3.63) is 57.7 Å². The van der Waals surface area contributed by atoms with Crippen molar-refractivity contribution in [1.82, 2.24) is 0 Å². The molecular formula is C22H19ClO6. The van der Waals surface area contributed by atoms with Crippen molar-refractivity contribution in [2.24, 2.45) is 5.92 Å². The van der Waals surface area contributed by atoms with Gasteiger partial charge in [0.1, 0.15) is 11.9 Å². The van der Waals surface area contributed by atoms with E-state index in [1.807, 2.05) is 0 Å². The van der Waals surface area contributed by atoms with E-state index in [9.17, 15) is 9.59 Å². The topological polar surface area (TPSA) is 75.0 Å². The van der Waals surface area contributed by atoms with Crippen LogP contribution in [0.2, 0.25) is 5.02 Å². The first-order valence-electron chi connectivity index (χ1n) is 9.15. The zero-order valence-electron chi connectivity index (χ0n) is 15.9. The molecule has 29 heavy (non-hydrogen) atoms. The molecule has 1 aromatic heterocycles. The molecular weight excluding hydrogens is 396 g/mol. The number of fused-ring (bicyclic) bond motifs is 1. The summed E-state index contributed by atoms with van der Waals surface area (Å²) in [6.07, 6.45) is 1.06. The van der Waals surface area contributed by atoms with Gasteiger partial charge in [0, 0.05) is 11.6 Å². The molecule has 1 aliphatic carbocycles. The van der Waals surface area contributed by atoms with Crippen molar-refractivity contribution in [3.8, 4) is 22.8 Å². The minimum atomic E-state index is -0.222. The molecule has 1 fully saturated rings. The van der Waals surface area contributed by atoms with Gasteiger partial charge in [-0.15, -0.1) is 0 Å². The molecule has 0 radical (unpaired) electrons. The van der Waals surface area contributed by atoms with Gasteiger partial charge in [-0.3, -0.25) is 9.59 Å².